The standard InChI is InChI=1S/C17H18N4O/c1-11-13(19-10-18-11)9-21-8-7-15-16(17(21)22)12-5-3-4-6-14(12)20(15)2/h3-6,10H,7-9H2,1-2H3,(H,18,19)/i1D3,2D3,3D,4D,5D,6D,7D2,8D2,9D2,10D/hD. The molecular weight excluding hydrogens is 276 g/mol. The number of para-hydroxylation sites is 1. The van der Waals surface area contributed by atoms with E-state index in [1.54, 1.807) is 0 Å². The van der Waals surface area contributed by atoms with Gasteiger partial charge in [0, 0.05) is 55.8 Å². The molecule has 3 heterocycles. The van der Waals surface area contributed by atoms with Crippen LogP contribution >= 0.6 is 0 Å². The van der Waals surface area contributed by atoms with Crippen molar-refractivity contribution in [1.29, 1.82) is 0 Å². The van der Waals surface area contributed by atoms with Crippen molar-refractivity contribution in [3.8, 4) is 0 Å². The lowest BCUT2D eigenvalue weighted by molar-refractivity contribution is 0.0725. The molecule has 0 atom stereocenters. The van der Waals surface area contributed by atoms with Gasteiger partial charge in [0.1, 0.15) is 1.37 Å². The molecule has 0 radical (unpaired) electrons. The zero-order valence-corrected chi connectivity index (χ0v) is 10.7. The summed E-state index contributed by atoms with van der Waals surface area (Å²) in [6, 6.07) is -3.87. The first-order chi connectivity index (χ1) is 17.8. The smallest absolute Gasteiger partial charge is 0.256 e. The lowest BCUT2D eigenvalue weighted by atomic mass is 10.0. The third-order valence-electron chi connectivity index (χ3n) is 3.07. The van der Waals surface area contributed by atoms with Crippen LogP contribution in [-0.4, -0.2) is 31.8 Å². The van der Waals surface area contributed by atoms with Gasteiger partial charge in [-0.3, -0.25) is 4.79 Å². The Balaban J connectivity index is 2.21. The summed E-state index contributed by atoms with van der Waals surface area (Å²) in [6.45, 7) is -14.3. The van der Waals surface area contributed by atoms with Gasteiger partial charge in [-0.2, -0.15) is 0 Å². The second kappa shape index (κ2) is 4.73. The van der Waals surface area contributed by atoms with Gasteiger partial charge in [0.05, 0.1) is 32.3 Å². The molecule has 22 heavy (non-hydrogen) atoms. The molecular formula is C17H18N4O. The molecule has 0 fully saturated rings. The zero-order chi connectivity index (χ0) is 30.9. The summed E-state index contributed by atoms with van der Waals surface area (Å²) in [5.74, 6) is -1.79. The molecule has 112 valence electrons. The largest absolute Gasteiger partial charge is 0.348 e. The molecule has 0 unspecified atom stereocenters. The quantitative estimate of drug-likeness (QED) is 0.790. The Morgan fingerprint density at radius 3 is 3.36 bits per heavy atom. The summed E-state index contributed by atoms with van der Waals surface area (Å²) in [4.78, 5) is 16.9. The van der Waals surface area contributed by atoms with Crippen molar-refractivity contribution in [3.05, 3.63) is 53.1 Å². The molecule has 0 aliphatic carbocycles. The van der Waals surface area contributed by atoms with Crippen LogP contribution in [0.15, 0.2) is 30.5 Å². The molecule has 5 nitrogen and oxygen atoms in total. The van der Waals surface area contributed by atoms with Gasteiger partial charge >= 0.3 is 0 Å². The number of nitrogens with zero attached hydrogens (tertiary/aromatic N) is 3. The number of hydrogen-bond donors (Lipinski definition) is 1. The Kier molecular flexibility index (Phi) is 0.869. The number of carbonyl (C=O) groups is 1. The van der Waals surface area contributed by atoms with E-state index >= 15 is 0 Å². The van der Waals surface area contributed by atoms with E-state index in [1.807, 2.05) is 0 Å². The molecule has 1 aromatic carbocycles. The van der Waals surface area contributed by atoms with E-state index in [4.69, 9.17) is 24.7 Å². The molecule has 5 heteroatoms. The number of aryl methyl sites for hydroxylation is 1. The highest BCUT2D eigenvalue weighted by Crippen LogP contribution is 2.30. The van der Waals surface area contributed by atoms with Gasteiger partial charge in [0.15, 0.2) is 1.41 Å². The number of aromatic nitrogens is 3. The van der Waals surface area contributed by atoms with Gasteiger partial charge in [0.2, 0.25) is 0 Å². The van der Waals surface area contributed by atoms with E-state index in [0.29, 0.717) is 0 Å². The molecule has 0 saturated carbocycles. The van der Waals surface area contributed by atoms with Crippen molar-refractivity contribution in [2.24, 2.45) is 6.98 Å². The molecule has 1 amide bonds. The molecule has 0 spiro atoms. The lowest BCUT2D eigenvalue weighted by Crippen LogP contribution is -2.37. The van der Waals surface area contributed by atoms with Gasteiger partial charge in [0.25, 0.3) is 5.91 Å². The maximum absolute atomic E-state index is 14.0. The first kappa shape index (κ1) is 4.04. The highest BCUT2D eigenvalue weighted by molar-refractivity contribution is 6.09. The molecule has 0 saturated heterocycles. The van der Waals surface area contributed by atoms with Gasteiger partial charge < -0.3 is 14.4 Å². The van der Waals surface area contributed by atoms with Crippen molar-refractivity contribution < 1.29 is 29.5 Å². The molecule has 1 N–H and O–H groups in total. The maximum Gasteiger partial charge on any atom is 0.256 e. The van der Waals surface area contributed by atoms with E-state index in [0.717, 1.165) is 0 Å². The minimum Gasteiger partial charge on any atom is -0.348 e. The van der Waals surface area contributed by atoms with Gasteiger partial charge in [-0.1, -0.05) is 18.1 Å². The number of aromatic amines is 1. The van der Waals surface area contributed by atoms with Crippen molar-refractivity contribution in [2.45, 2.75) is 19.7 Å². The van der Waals surface area contributed by atoms with Crippen LogP contribution in [0.4, 0.5) is 0 Å². The summed E-state index contributed by atoms with van der Waals surface area (Å²) in [7, 11) is 0. The predicted molar refractivity (Wildman–Crippen MR) is 84.7 cm³/mol. The van der Waals surface area contributed by atoms with Gasteiger partial charge in [-0.05, 0) is 12.9 Å². The fourth-order valence-corrected chi connectivity index (χ4v) is 2.09. The molecule has 1 aliphatic rings. The Hall–Kier alpha value is -2.56. The minimum absolute atomic E-state index is 0.0683. The Labute approximate surface area is 153 Å². The van der Waals surface area contributed by atoms with Crippen LogP contribution in [-0.2, 0) is 19.8 Å². The van der Waals surface area contributed by atoms with Crippen molar-refractivity contribution in [2.75, 3.05) is 6.50 Å². The first-order valence-electron chi connectivity index (χ1n) is 14.9. The third kappa shape index (κ3) is 1.78. The number of rotatable bonds is 2. The van der Waals surface area contributed by atoms with Gasteiger partial charge in [-0.25, -0.2) is 4.98 Å². The van der Waals surface area contributed by atoms with E-state index in [2.05, 4.69) is 4.98 Å². The monoisotopic (exact) mass is 312 g/mol. The SMILES string of the molecule is [2H]c1c([2H])c([2H])c2c(c1[2H])c1c(n2C([2H])([2H])[2H])C([2H])([2H])C([2H])([2H])N(C([2H])([2H])c2nc([2H])n([2H])c2C([2H])([2H])[2H])C1=O. The number of imidazole rings is 1. The molecule has 3 aromatic rings. The van der Waals surface area contributed by atoms with Crippen LogP contribution in [0.5, 0.6) is 0 Å². The summed E-state index contributed by atoms with van der Waals surface area (Å²) in [5, 5.41) is -0.828. The van der Waals surface area contributed by atoms with E-state index < -0.39 is 103 Å². The topological polar surface area (TPSA) is 53.9 Å². The van der Waals surface area contributed by atoms with Crippen molar-refractivity contribution >= 4 is 16.8 Å². The summed E-state index contributed by atoms with van der Waals surface area (Å²) in [6.07, 6.45) is -4.75. The van der Waals surface area contributed by atoms with Crippen LogP contribution < -0.4 is 0 Å². The predicted octanol–water partition coefficient (Wildman–Crippen LogP) is 2.41. The van der Waals surface area contributed by atoms with Crippen LogP contribution in [0, 0.1) is 6.85 Å². The van der Waals surface area contributed by atoms with E-state index in [-0.39, 0.29) is 14.4 Å². The van der Waals surface area contributed by atoms with Crippen LogP contribution in [0.1, 0.15) is 50.7 Å². The highest BCUT2D eigenvalue weighted by Gasteiger charge is 2.30. The Morgan fingerprint density at radius 2 is 2.50 bits per heavy atom. The van der Waals surface area contributed by atoms with Crippen LogP contribution in [0.3, 0.4) is 0 Å². The fourth-order valence-electron chi connectivity index (χ4n) is 2.09. The van der Waals surface area contributed by atoms with Crippen LogP contribution in [0.25, 0.3) is 10.9 Å². The maximum atomic E-state index is 14.0. The van der Waals surface area contributed by atoms with E-state index in [1.165, 1.54) is 0 Å². The van der Waals surface area contributed by atoms with Crippen molar-refractivity contribution in [3.63, 3.8) is 0 Å². The highest BCUT2D eigenvalue weighted by atomic mass is 16.2. The van der Waals surface area contributed by atoms with Crippen molar-refractivity contribution in [1.82, 2.24) is 19.4 Å². The normalized spacial score (nSPS) is 32.9. The fraction of sp³-hybridized carbons (Fsp3) is 0.294. The molecule has 4 rings (SSSR count). The molecule has 0 bridgehead atoms. The van der Waals surface area contributed by atoms with Gasteiger partial charge in [-0.15, -0.1) is 0 Å². The molecule has 2 aromatic heterocycles. The number of nitrogens with one attached hydrogen (secondary N) is 1. The number of amides is 1. The Morgan fingerprint density at radius 1 is 1.59 bits per heavy atom. The minimum atomic E-state index is -3.82. The number of hydrogen-bond acceptors (Lipinski definition) is 2. The Bertz CT molecular complexity index is 1590. The summed E-state index contributed by atoms with van der Waals surface area (Å²) < 4.78 is 146. The second-order valence-electron chi connectivity index (χ2n) is 4.29. The lowest BCUT2D eigenvalue weighted by Gasteiger charge is -2.27. The molecule has 1 aliphatic heterocycles. The first-order valence-corrected chi connectivity index (χ1v) is 5.94. The summed E-state index contributed by atoms with van der Waals surface area (Å²) in [5.41, 5.74) is -5.66. The summed E-state index contributed by atoms with van der Waals surface area (Å²) >= 11 is 0. The average molecular weight is 312 g/mol. The number of H-pyrrole nitrogens is 1. The third-order valence-corrected chi connectivity index (χ3v) is 3.07. The van der Waals surface area contributed by atoms with Crippen LogP contribution in [0.2, 0.25) is 1.41 Å². The number of carbonyl (C=O) groups excluding carboxylic acids is 1. The average Bonchev–Trinajstić information content (AvgIpc) is 3.31. The zero-order valence-electron chi connectivity index (χ0n) is 28.7. The number of fused-ring (bicyclic) bond motifs is 3. The van der Waals surface area contributed by atoms with E-state index in [9.17, 15) is 4.79 Å². The number of benzene rings is 1. The second-order valence-corrected chi connectivity index (χ2v) is 4.29.